The van der Waals surface area contributed by atoms with Crippen molar-refractivity contribution in [3.63, 3.8) is 0 Å². The van der Waals surface area contributed by atoms with Crippen LogP contribution >= 0.6 is 0 Å². The molecule has 3 rings (SSSR count). The van der Waals surface area contributed by atoms with Gasteiger partial charge in [0.05, 0.1) is 11.1 Å². The first-order chi connectivity index (χ1) is 14.7. The predicted octanol–water partition coefficient (Wildman–Crippen LogP) is -0.571. The maximum atomic E-state index is 13.0. The van der Waals surface area contributed by atoms with Crippen molar-refractivity contribution in [3.8, 4) is 11.5 Å². The molecule has 4 unspecified atom stereocenters. The molecule has 0 bridgehead atoms. The number of carbonyl (C=O) groups is 3. The third kappa shape index (κ3) is 4.20. The fourth-order valence-electron chi connectivity index (χ4n) is 3.26. The van der Waals surface area contributed by atoms with Gasteiger partial charge in [0.15, 0.2) is 17.8 Å². The summed E-state index contributed by atoms with van der Waals surface area (Å²) in [5.41, 5.74) is 0.389. The van der Waals surface area contributed by atoms with Gasteiger partial charge in [-0.05, 0) is 30.7 Å². The van der Waals surface area contributed by atoms with Gasteiger partial charge in [0.1, 0.15) is 36.8 Å². The Labute approximate surface area is 175 Å². The Morgan fingerprint density at radius 2 is 1.68 bits per heavy atom. The highest BCUT2D eigenvalue weighted by Gasteiger charge is 2.35. The summed E-state index contributed by atoms with van der Waals surface area (Å²) in [6.45, 7) is 0.960. The quantitative estimate of drug-likeness (QED) is 0.176. The second kappa shape index (κ2) is 8.92. The molecule has 0 aromatic heterocycles. The van der Waals surface area contributed by atoms with Crippen LogP contribution < -0.4 is 4.89 Å². The number of hydrogen-bond acceptors (Lipinski definition) is 10. The van der Waals surface area contributed by atoms with Gasteiger partial charge in [-0.25, -0.2) is 0 Å². The van der Waals surface area contributed by atoms with Gasteiger partial charge in [0.2, 0.25) is 5.78 Å². The van der Waals surface area contributed by atoms with E-state index in [-0.39, 0.29) is 40.0 Å². The van der Waals surface area contributed by atoms with Crippen molar-refractivity contribution < 1.29 is 49.7 Å². The standard InChI is InChI=1S/C21H20O10/c1-9-5-11-16(12(23)6-9)21(29)17-10(18(11)26)3-2-4-15(17)31-30-8-14(25)20(28)19(27)13(24)7-22/h2-7,13-14,19-20,23-25,27-28H,8H2,1H3. The fraction of sp³-hybridized carbons (Fsp3) is 0.286. The van der Waals surface area contributed by atoms with Crippen LogP contribution in [-0.2, 0) is 9.68 Å². The normalized spacial score (nSPS) is 16.7. The number of phenols is 1. The van der Waals surface area contributed by atoms with E-state index in [0.29, 0.717) is 5.56 Å². The summed E-state index contributed by atoms with van der Waals surface area (Å²) >= 11 is 0. The predicted molar refractivity (Wildman–Crippen MR) is 103 cm³/mol. The molecular formula is C21H20O10. The number of benzene rings is 2. The van der Waals surface area contributed by atoms with Gasteiger partial charge in [-0.15, -0.1) is 0 Å². The van der Waals surface area contributed by atoms with Crippen molar-refractivity contribution >= 4 is 17.9 Å². The van der Waals surface area contributed by atoms with Gasteiger partial charge in [-0.2, -0.15) is 4.89 Å². The average Bonchev–Trinajstić information content (AvgIpc) is 2.75. The second-order valence-electron chi connectivity index (χ2n) is 7.09. The zero-order chi connectivity index (χ0) is 22.9. The molecular weight excluding hydrogens is 412 g/mol. The summed E-state index contributed by atoms with van der Waals surface area (Å²) in [5, 5.41) is 48.5. The molecule has 0 amide bonds. The van der Waals surface area contributed by atoms with E-state index < -0.39 is 42.6 Å². The molecule has 0 fully saturated rings. The van der Waals surface area contributed by atoms with E-state index >= 15 is 0 Å². The molecule has 10 nitrogen and oxygen atoms in total. The molecule has 164 valence electrons. The molecule has 0 saturated carbocycles. The van der Waals surface area contributed by atoms with Gasteiger partial charge in [0.25, 0.3) is 0 Å². The van der Waals surface area contributed by atoms with Crippen LogP contribution in [-0.4, -0.2) is 74.4 Å². The van der Waals surface area contributed by atoms with Gasteiger partial charge in [0, 0.05) is 11.1 Å². The maximum Gasteiger partial charge on any atom is 0.202 e. The highest BCUT2D eigenvalue weighted by atomic mass is 17.2. The summed E-state index contributed by atoms with van der Waals surface area (Å²) in [7, 11) is 0. The molecule has 31 heavy (non-hydrogen) atoms. The van der Waals surface area contributed by atoms with E-state index in [4.69, 9.17) is 9.78 Å². The minimum atomic E-state index is -1.96. The molecule has 0 spiro atoms. The van der Waals surface area contributed by atoms with E-state index in [0.717, 1.165) is 0 Å². The van der Waals surface area contributed by atoms with Gasteiger partial charge in [-0.3, -0.25) is 9.59 Å². The topological polar surface area (TPSA) is 171 Å². The van der Waals surface area contributed by atoms with Crippen LogP contribution in [0.3, 0.4) is 0 Å². The largest absolute Gasteiger partial charge is 0.507 e. The molecule has 2 aromatic carbocycles. The lowest BCUT2D eigenvalue weighted by Crippen LogP contribution is -2.46. The minimum Gasteiger partial charge on any atom is -0.507 e. The number of fused-ring (bicyclic) bond motifs is 2. The Balaban J connectivity index is 1.80. The zero-order valence-electron chi connectivity index (χ0n) is 16.3. The lowest BCUT2D eigenvalue weighted by atomic mass is 9.82. The molecule has 10 heteroatoms. The van der Waals surface area contributed by atoms with E-state index in [9.17, 15) is 39.9 Å². The van der Waals surface area contributed by atoms with Crippen LogP contribution in [0.4, 0.5) is 0 Å². The molecule has 4 atom stereocenters. The Kier molecular flexibility index (Phi) is 6.48. The van der Waals surface area contributed by atoms with Crippen molar-refractivity contribution in [1.29, 1.82) is 0 Å². The third-order valence-corrected chi connectivity index (χ3v) is 4.85. The van der Waals surface area contributed by atoms with E-state index in [1.54, 1.807) is 6.92 Å². The highest BCUT2D eigenvalue weighted by molar-refractivity contribution is 6.30. The Bertz CT molecular complexity index is 1030. The number of aromatic hydroxyl groups is 1. The molecule has 0 radical (unpaired) electrons. The lowest BCUT2D eigenvalue weighted by Gasteiger charge is -2.24. The first-order valence-corrected chi connectivity index (χ1v) is 9.20. The summed E-state index contributed by atoms with van der Waals surface area (Å²) < 4.78 is 0. The zero-order valence-corrected chi connectivity index (χ0v) is 16.3. The van der Waals surface area contributed by atoms with Crippen LogP contribution in [0.15, 0.2) is 30.3 Å². The summed E-state index contributed by atoms with van der Waals surface area (Å²) in [6, 6.07) is 7.04. The van der Waals surface area contributed by atoms with Gasteiger partial charge in [-0.1, -0.05) is 12.1 Å². The lowest BCUT2D eigenvalue weighted by molar-refractivity contribution is -0.237. The van der Waals surface area contributed by atoms with Crippen molar-refractivity contribution in [1.82, 2.24) is 0 Å². The van der Waals surface area contributed by atoms with Crippen molar-refractivity contribution in [3.05, 3.63) is 58.1 Å². The molecule has 1 aliphatic rings. The number of ketones is 2. The molecule has 0 saturated heterocycles. The van der Waals surface area contributed by atoms with Crippen molar-refractivity contribution in [2.75, 3.05) is 6.61 Å². The Hall–Kier alpha value is -3.15. The number of aliphatic hydroxyl groups is 4. The number of hydrogen-bond donors (Lipinski definition) is 5. The minimum absolute atomic E-state index is 0.00834. The van der Waals surface area contributed by atoms with Crippen LogP contribution in [0.1, 0.15) is 37.4 Å². The molecule has 2 aromatic rings. The number of aliphatic hydroxyl groups excluding tert-OH is 4. The van der Waals surface area contributed by atoms with Crippen molar-refractivity contribution in [2.24, 2.45) is 0 Å². The number of aryl methyl sites for hydroxylation is 1. The summed E-state index contributed by atoms with van der Waals surface area (Å²) in [5.74, 6) is -1.67. The SMILES string of the molecule is Cc1cc(O)c2c(c1)C(=O)c1cccc(OOCC(O)C(O)C(O)C(O)C=O)c1C2=O. The third-order valence-electron chi connectivity index (χ3n) is 4.85. The van der Waals surface area contributed by atoms with Crippen LogP contribution in [0.25, 0.3) is 0 Å². The van der Waals surface area contributed by atoms with E-state index in [1.165, 1.54) is 30.3 Å². The smallest absolute Gasteiger partial charge is 0.202 e. The first kappa shape index (κ1) is 22.5. The van der Waals surface area contributed by atoms with E-state index in [1.807, 2.05) is 0 Å². The number of carbonyl (C=O) groups excluding carboxylic acids is 3. The van der Waals surface area contributed by atoms with E-state index in [2.05, 4.69) is 0 Å². The molecule has 1 aliphatic carbocycles. The van der Waals surface area contributed by atoms with Crippen LogP contribution in [0.2, 0.25) is 0 Å². The molecule has 0 aliphatic heterocycles. The Morgan fingerprint density at radius 1 is 0.968 bits per heavy atom. The molecule has 0 heterocycles. The number of phenolic OH excluding ortho intramolecular Hbond substituents is 1. The first-order valence-electron chi connectivity index (χ1n) is 9.20. The maximum absolute atomic E-state index is 13.0. The second-order valence-corrected chi connectivity index (χ2v) is 7.09. The van der Waals surface area contributed by atoms with Gasteiger partial charge >= 0.3 is 0 Å². The number of rotatable bonds is 8. The van der Waals surface area contributed by atoms with Crippen molar-refractivity contribution in [2.45, 2.75) is 31.3 Å². The van der Waals surface area contributed by atoms with Crippen LogP contribution in [0.5, 0.6) is 11.5 Å². The van der Waals surface area contributed by atoms with Crippen LogP contribution in [0, 0.1) is 6.92 Å². The highest BCUT2D eigenvalue weighted by Crippen LogP contribution is 2.37. The monoisotopic (exact) mass is 432 g/mol. The number of aldehydes is 1. The summed E-state index contributed by atoms with van der Waals surface area (Å²) in [4.78, 5) is 46.2. The van der Waals surface area contributed by atoms with Gasteiger partial charge < -0.3 is 35.2 Å². The Morgan fingerprint density at radius 3 is 2.35 bits per heavy atom. The average molecular weight is 432 g/mol. The molecule has 5 N–H and O–H groups in total. The fourth-order valence-corrected chi connectivity index (χ4v) is 3.26. The summed E-state index contributed by atoms with van der Waals surface area (Å²) in [6.07, 6.45) is -7.56.